The smallest absolute Gasteiger partial charge is 0.310 e. The number of carboxylic acids is 2. The summed E-state index contributed by atoms with van der Waals surface area (Å²) in [5.74, 6) is -1.55. The van der Waals surface area contributed by atoms with Crippen LogP contribution in [-0.4, -0.2) is 22.2 Å². The highest BCUT2D eigenvalue weighted by Crippen LogP contribution is 2.53. The minimum absolute atomic E-state index is 0.116. The highest BCUT2D eigenvalue weighted by molar-refractivity contribution is 5.75. The van der Waals surface area contributed by atoms with Gasteiger partial charge in [-0.1, -0.05) is 27.7 Å². The lowest BCUT2D eigenvalue weighted by atomic mass is 9.56. The molecule has 0 saturated heterocycles. The normalized spacial score (nSPS) is 12.4. The topological polar surface area (TPSA) is 74.6 Å². The van der Waals surface area contributed by atoms with E-state index in [1.807, 2.05) is 27.7 Å². The molecule has 0 atom stereocenters. The largest absolute Gasteiger partial charge is 0.481 e. The highest BCUT2D eigenvalue weighted by Gasteiger charge is 2.51. The van der Waals surface area contributed by atoms with Gasteiger partial charge in [-0.25, -0.2) is 0 Å². The second kappa shape index (κ2) is 7.51. The summed E-state index contributed by atoms with van der Waals surface area (Å²) in [6, 6.07) is 0. The lowest BCUT2D eigenvalue weighted by Gasteiger charge is -2.47. The summed E-state index contributed by atoms with van der Waals surface area (Å²) >= 11 is 0. The van der Waals surface area contributed by atoms with Gasteiger partial charge in [0.05, 0.1) is 5.41 Å². The second-order valence-corrected chi connectivity index (χ2v) is 5.33. The van der Waals surface area contributed by atoms with Gasteiger partial charge in [-0.2, -0.15) is 0 Å². The van der Waals surface area contributed by atoms with Crippen LogP contribution in [0.25, 0.3) is 0 Å². The third-order valence-electron chi connectivity index (χ3n) is 5.03. The van der Waals surface area contributed by atoms with E-state index >= 15 is 0 Å². The van der Waals surface area contributed by atoms with Gasteiger partial charge in [-0.05, 0) is 43.9 Å². The molecule has 0 aliphatic rings. The molecule has 19 heavy (non-hydrogen) atoms. The van der Waals surface area contributed by atoms with Crippen molar-refractivity contribution in [3.8, 4) is 0 Å². The third-order valence-corrected chi connectivity index (χ3v) is 5.03. The molecule has 0 aromatic heterocycles. The van der Waals surface area contributed by atoms with Crippen LogP contribution >= 0.6 is 0 Å². The van der Waals surface area contributed by atoms with Gasteiger partial charge < -0.3 is 10.2 Å². The second-order valence-electron chi connectivity index (χ2n) is 5.33. The van der Waals surface area contributed by atoms with E-state index in [1.165, 1.54) is 0 Å². The van der Waals surface area contributed by atoms with Crippen LogP contribution in [0.3, 0.4) is 0 Å². The van der Waals surface area contributed by atoms with E-state index < -0.39 is 17.4 Å². The van der Waals surface area contributed by atoms with E-state index in [2.05, 4.69) is 0 Å². The Balaban J connectivity index is 5.32. The molecule has 0 aliphatic carbocycles. The molecular formula is C15H28O4. The number of carbonyl (C=O) groups is 2. The van der Waals surface area contributed by atoms with Gasteiger partial charge in [0.15, 0.2) is 0 Å². The average molecular weight is 272 g/mol. The van der Waals surface area contributed by atoms with E-state index in [0.717, 1.165) is 12.8 Å². The van der Waals surface area contributed by atoms with Crippen molar-refractivity contribution < 1.29 is 19.8 Å². The van der Waals surface area contributed by atoms with E-state index in [1.54, 1.807) is 0 Å². The van der Waals surface area contributed by atoms with E-state index in [0.29, 0.717) is 25.7 Å². The summed E-state index contributed by atoms with van der Waals surface area (Å²) in [5.41, 5.74) is -1.05. The van der Waals surface area contributed by atoms with Crippen molar-refractivity contribution in [1.82, 2.24) is 0 Å². The molecule has 0 unspecified atom stereocenters. The maximum atomic E-state index is 11.8. The highest BCUT2D eigenvalue weighted by atomic mass is 16.4. The zero-order valence-electron chi connectivity index (χ0n) is 12.7. The molecule has 0 aliphatic heterocycles. The van der Waals surface area contributed by atoms with Gasteiger partial charge in [0.1, 0.15) is 0 Å². The number of rotatable bonds is 10. The zero-order chi connectivity index (χ0) is 15.1. The van der Waals surface area contributed by atoms with Crippen LogP contribution < -0.4 is 0 Å². The minimum Gasteiger partial charge on any atom is -0.481 e. The molecule has 0 rings (SSSR count). The fourth-order valence-corrected chi connectivity index (χ4v) is 3.63. The monoisotopic (exact) mass is 272 g/mol. The van der Waals surface area contributed by atoms with Crippen LogP contribution in [0.4, 0.5) is 0 Å². The SMILES string of the molecule is CCC(CC)(CCCC(=O)O)C(CC)(CC)C(=O)O. The van der Waals surface area contributed by atoms with Crippen molar-refractivity contribution >= 4 is 11.9 Å². The Morgan fingerprint density at radius 3 is 1.63 bits per heavy atom. The van der Waals surface area contributed by atoms with Crippen LogP contribution in [0.2, 0.25) is 0 Å². The van der Waals surface area contributed by atoms with Crippen LogP contribution in [0.15, 0.2) is 0 Å². The summed E-state index contributed by atoms with van der Waals surface area (Å²) < 4.78 is 0. The maximum absolute atomic E-state index is 11.8. The third kappa shape index (κ3) is 3.48. The zero-order valence-corrected chi connectivity index (χ0v) is 12.7. The molecule has 112 valence electrons. The Bertz CT molecular complexity index is 301. The fraction of sp³-hybridized carbons (Fsp3) is 0.867. The van der Waals surface area contributed by atoms with Gasteiger partial charge in [-0.3, -0.25) is 9.59 Å². The van der Waals surface area contributed by atoms with Crippen LogP contribution in [0, 0.1) is 10.8 Å². The first-order chi connectivity index (χ1) is 8.85. The van der Waals surface area contributed by atoms with Gasteiger partial charge in [0, 0.05) is 6.42 Å². The molecular weight excluding hydrogens is 244 g/mol. The summed E-state index contributed by atoms with van der Waals surface area (Å²) in [5, 5.41) is 18.5. The van der Waals surface area contributed by atoms with Gasteiger partial charge in [0.2, 0.25) is 0 Å². The van der Waals surface area contributed by atoms with Crippen molar-refractivity contribution in [1.29, 1.82) is 0 Å². The van der Waals surface area contributed by atoms with E-state index in [9.17, 15) is 14.7 Å². The Morgan fingerprint density at radius 2 is 1.37 bits per heavy atom. The van der Waals surface area contributed by atoms with Crippen LogP contribution in [-0.2, 0) is 9.59 Å². The molecule has 0 aromatic carbocycles. The van der Waals surface area contributed by atoms with Crippen molar-refractivity contribution in [2.75, 3.05) is 0 Å². The Hall–Kier alpha value is -1.06. The predicted octanol–water partition coefficient (Wildman–Crippen LogP) is 3.94. The fourth-order valence-electron chi connectivity index (χ4n) is 3.63. The summed E-state index contributed by atoms with van der Waals surface area (Å²) in [4.78, 5) is 22.5. The molecule has 0 spiro atoms. The molecule has 4 nitrogen and oxygen atoms in total. The molecule has 0 aromatic rings. The molecule has 0 heterocycles. The first kappa shape index (κ1) is 17.9. The van der Waals surface area contributed by atoms with E-state index in [4.69, 9.17) is 5.11 Å². The summed E-state index contributed by atoms with van der Waals surface area (Å²) in [7, 11) is 0. The number of hydrogen-bond acceptors (Lipinski definition) is 2. The van der Waals surface area contributed by atoms with Crippen molar-refractivity contribution in [3.05, 3.63) is 0 Å². The average Bonchev–Trinajstić information content (AvgIpc) is 2.37. The van der Waals surface area contributed by atoms with Crippen molar-refractivity contribution in [2.24, 2.45) is 10.8 Å². The molecule has 0 radical (unpaired) electrons. The first-order valence-electron chi connectivity index (χ1n) is 7.31. The lowest BCUT2D eigenvalue weighted by Crippen LogP contribution is -2.47. The van der Waals surface area contributed by atoms with Gasteiger partial charge in [0.25, 0.3) is 0 Å². The van der Waals surface area contributed by atoms with Gasteiger partial charge in [-0.15, -0.1) is 0 Å². The van der Waals surface area contributed by atoms with E-state index in [-0.39, 0.29) is 11.8 Å². The Morgan fingerprint density at radius 1 is 0.895 bits per heavy atom. The van der Waals surface area contributed by atoms with Crippen molar-refractivity contribution in [2.45, 2.75) is 72.6 Å². The molecule has 0 amide bonds. The number of carboxylic acid groups (broad SMARTS) is 2. The minimum atomic E-state index is -0.810. The molecule has 0 bridgehead atoms. The van der Waals surface area contributed by atoms with Gasteiger partial charge >= 0.3 is 11.9 Å². The Labute approximate surface area is 116 Å². The quantitative estimate of drug-likeness (QED) is 0.631. The standard InChI is InChI=1S/C15H28O4/c1-5-14(6-2,11-9-10-12(16)17)15(7-3,8-4)13(18)19/h5-11H2,1-4H3,(H,16,17)(H,18,19). The predicted molar refractivity (Wildman–Crippen MR) is 75.2 cm³/mol. The summed E-state index contributed by atoms with van der Waals surface area (Å²) in [6.07, 6.45) is 4.06. The number of hydrogen-bond donors (Lipinski definition) is 2. The molecule has 4 heteroatoms. The summed E-state index contributed by atoms with van der Waals surface area (Å²) in [6.45, 7) is 7.89. The molecule has 0 saturated carbocycles. The maximum Gasteiger partial charge on any atom is 0.310 e. The van der Waals surface area contributed by atoms with Crippen LogP contribution in [0.1, 0.15) is 72.6 Å². The Kier molecular flexibility index (Phi) is 7.09. The lowest BCUT2D eigenvalue weighted by molar-refractivity contribution is -0.161. The molecule has 0 fully saturated rings. The first-order valence-corrected chi connectivity index (χ1v) is 7.31. The number of aliphatic carboxylic acids is 2. The van der Waals surface area contributed by atoms with Crippen LogP contribution in [0.5, 0.6) is 0 Å². The van der Waals surface area contributed by atoms with Crippen molar-refractivity contribution in [3.63, 3.8) is 0 Å². The molecule has 2 N–H and O–H groups in total.